The fourth-order valence-corrected chi connectivity index (χ4v) is 4.41. The Labute approximate surface area is 175 Å². The molecular formula is C21H19F3N6O. The van der Waals surface area contributed by atoms with Crippen LogP contribution < -0.4 is 5.32 Å². The molecule has 3 aromatic rings. The average molecular weight is 428 g/mol. The number of anilines is 1. The second kappa shape index (κ2) is 6.79. The van der Waals surface area contributed by atoms with Crippen molar-refractivity contribution in [2.75, 3.05) is 5.32 Å². The summed E-state index contributed by atoms with van der Waals surface area (Å²) < 4.78 is 43.0. The molecule has 0 bridgehead atoms. The number of nitrogens with zero attached hydrogens (tertiary/aromatic N) is 5. The molecule has 160 valence electrons. The molecule has 0 saturated heterocycles. The molecule has 1 atom stereocenters. The number of Topliss-reactive ketones (excluding diaryl/α,β-unsaturated/α-hetero) is 1. The predicted molar refractivity (Wildman–Crippen MR) is 106 cm³/mol. The van der Waals surface area contributed by atoms with Gasteiger partial charge >= 0.3 is 6.18 Å². The number of halogens is 3. The molecular weight excluding hydrogens is 409 g/mol. The van der Waals surface area contributed by atoms with Gasteiger partial charge in [-0.25, -0.2) is 9.36 Å². The van der Waals surface area contributed by atoms with E-state index in [0.717, 1.165) is 11.4 Å². The van der Waals surface area contributed by atoms with Crippen LogP contribution in [0, 0.1) is 13.8 Å². The third kappa shape index (κ3) is 3.05. The second-order valence-electron chi connectivity index (χ2n) is 7.73. The minimum absolute atomic E-state index is 0.0166. The standard InChI is InChI=1S/C21H19F3N6O/c1-11-16(12(2)29(27-11)13-7-4-3-5-8-13)18-17-14(9-6-10-15(17)31)25-20-26-19(21(22,23)24)28-30(18)20/h3-5,7-8,18H,6,9-10H2,1-2H3,(H,25,26,28)/t18-/m0/s1. The maximum Gasteiger partial charge on any atom is 0.453 e. The first kappa shape index (κ1) is 19.5. The van der Waals surface area contributed by atoms with Crippen LogP contribution in [0.5, 0.6) is 0 Å². The molecule has 1 aliphatic carbocycles. The fraction of sp³-hybridized carbons (Fsp3) is 0.333. The molecule has 1 aromatic carbocycles. The van der Waals surface area contributed by atoms with Crippen molar-refractivity contribution in [3.05, 3.63) is 64.4 Å². The quantitative estimate of drug-likeness (QED) is 0.664. The van der Waals surface area contributed by atoms with Crippen LogP contribution >= 0.6 is 0 Å². The van der Waals surface area contributed by atoms with E-state index in [9.17, 15) is 18.0 Å². The van der Waals surface area contributed by atoms with Gasteiger partial charge in [-0.3, -0.25) is 4.79 Å². The van der Waals surface area contributed by atoms with E-state index in [1.165, 1.54) is 4.68 Å². The molecule has 2 aliphatic rings. The van der Waals surface area contributed by atoms with E-state index in [-0.39, 0.29) is 11.7 Å². The number of fused-ring (bicyclic) bond motifs is 1. The van der Waals surface area contributed by atoms with E-state index >= 15 is 0 Å². The summed E-state index contributed by atoms with van der Waals surface area (Å²) >= 11 is 0. The Balaban J connectivity index is 1.74. The number of allylic oxidation sites excluding steroid dienone is 2. The number of carbonyl (C=O) groups excluding carboxylic acids is 1. The van der Waals surface area contributed by atoms with Crippen LogP contribution in [0.4, 0.5) is 19.1 Å². The van der Waals surface area contributed by atoms with Crippen LogP contribution in [0.25, 0.3) is 5.69 Å². The average Bonchev–Trinajstić information content (AvgIpc) is 3.28. The predicted octanol–water partition coefficient (Wildman–Crippen LogP) is 4.12. The summed E-state index contributed by atoms with van der Waals surface area (Å²) in [6, 6.07) is 8.62. The van der Waals surface area contributed by atoms with E-state index in [4.69, 9.17) is 0 Å². The van der Waals surface area contributed by atoms with E-state index in [2.05, 4.69) is 20.5 Å². The lowest BCUT2D eigenvalue weighted by Crippen LogP contribution is -2.32. The Kier molecular flexibility index (Phi) is 4.28. The highest BCUT2D eigenvalue weighted by Gasteiger charge is 2.43. The maximum atomic E-state index is 13.4. The minimum Gasteiger partial charge on any atom is -0.328 e. The summed E-state index contributed by atoms with van der Waals surface area (Å²) in [6.45, 7) is 3.64. The lowest BCUT2D eigenvalue weighted by atomic mass is 9.85. The van der Waals surface area contributed by atoms with Gasteiger partial charge in [0.2, 0.25) is 5.95 Å². The van der Waals surface area contributed by atoms with Crippen LogP contribution in [-0.2, 0) is 11.0 Å². The Bertz CT molecular complexity index is 1220. The SMILES string of the molecule is Cc1nn(-c2ccccc2)c(C)c1[C@H]1C2=C(CCCC2=O)Nc2nc(C(F)(F)F)nn21. The van der Waals surface area contributed by atoms with Crippen molar-refractivity contribution in [3.8, 4) is 5.69 Å². The van der Waals surface area contributed by atoms with Gasteiger partial charge in [-0.2, -0.15) is 23.3 Å². The molecule has 0 fully saturated rings. The highest BCUT2D eigenvalue weighted by atomic mass is 19.4. The maximum absolute atomic E-state index is 13.4. The Morgan fingerprint density at radius 2 is 1.84 bits per heavy atom. The van der Waals surface area contributed by atoms with E-state index in [1.807, 2.05) is 37.3 Å². The third-order valence-electron chi connectivity index (χ3n) is 5.74. The number of nitrogens with one attached hydrogen (secondary N) is 1. The van der Waals surface area contributed by atoms with Crippen molar-refractivity contribution in [2.24, 2.45) is 0 Å². The Morgan fingerprint density at radius 1 is 1.10 bits per heavy atom. The number of rotatable bonds is 2. The third-order valence-corrected chi connectivity index (χ3v) is 5.74. The Morgan fingerprint density at radius 3 is 2.55 bits per heavy atom. The molecule has 0 unspecified atom stereocenters. The molecule has 0 saturated carbocycles. The zero-order valence-corrected chi connectivity index (χ0v) is 16.9. The van der Waals surface area contributed by atoms with Crippen molar-refractivity contribution < 1.29 is 18.0 Å². The van der Waals surface area contributed by atoms with Crippen LogP contribution in [-0.4, -0.2) is 30.3 Å². The summed E-state index contributed by atoms with van der Waals surface area (Å²) in [4.78, 5) is 16.6. The number of para-hydroxylation sites is 1. The lowest BCUT2D eigenvalue weighted by molar-refractivity contribution is -0.145. The highest BCUT2D eigenvalue weighted by molar-refractivity contribution is 5.99. The summed E-state index contributed by atoms with van der Waals surface area (Å²) in [7, 11) is 0. The first-order chi connectivity index (χ1) is 14.8. The monoisotopic (exact) mass is 428 g/mol. The number of alkyl halides is 3. The summed E-state index contributed by atoms with van der Waals surface area (Å²) in [5, 5.41) is 11.3. The largest absolute Gasteiger partial charge is 0.453 e. The molecule has 0 spiro atoms. The van der Waals surface area contributed by atoms with Gasteiger partial charge in [-0.05, 0) is 38.8 Å². The fourth-order valence-electron chi connectivity index (χ4n) is 4.41. The van der Waals surface area contributed by atoms with Crippen LogP contribution in [0.3, 0.4) is 0 Å². The number of aryl methyl sites for hydroxylation is 1. The first-order valence-corrected chi connectivity index (χ1v) is 9.94. The van der Waals surface area contributed by atoms with Crippen molar-refractivity contribution in [3.63, 3.8) is 0 Å². The molecule has 3 heterocycles. The van der Waals surface area contributed by atoms with Gasteiger partial charge in [-0.15, -0.1) is 5.10 Å². The number of aromatic nitrogens is 5. The second-order valence-corrected chi connectivity index (χ2v) is 7.73. The van der Waals surface area contributed by atoms with Crippen molar-refractivity contribution in [1.82, 2.24) is 24.5 Å². The zero-order chi connectivity index (χ0) is 21.9. The minimum atomic E-state index is -4.70. The zero-order valence-electron chi connectivity index (χ0n) is 16.9. The number of ketones is 1. The van der Waals surface area contributed by atoms with Gasteiger partial charge in [0, 0.05) is 28.9 Å². The van der Waals surface area contributed by atoms with Crippen molar-refractivity contribution in [2.45, 2.75) is 45.3 Å². The van der Waals surface area contributed by atoms with Gasteiger partial charge in [-0.1, -0.05) is 18.2 Å². The molecule has 0 amide bonds. The molecule has 1 aliphatic heterocycles. The summed E-state index contributed by atoms with van der Waals surface area (Å²) in [5.74, 6) is -1.35. The van der Waals surface area contributed by atoms with Gasteiger partial charge in [0.1, 0.15) is 6.04 Å². The van der Waals surface area contributed by atoms with Crippen LogP contribution in [0.1, 0.15) is 48.1 Å². The summed E-state index contributed by atoms with van der Waals surface area (Å²) in [5.41, 5.74) is 3.89. The normalized spacial score (nSPS) is 18.6. The molecule has 5 rings (SSSR count). The van der Waals surface area contributed by atoms with Crippen LogP contribution in [0.2, 0.25) is 0 Å². The van der Waals surface area contributed by atoms with Gasteiger partial charge in [0.15, 0.2) is 5.78 Å². The molecule has 0 radical (unpaired) electrons. The highest BCUT2D eigenvalue weighted by Crippen LogP contribution is 2.43. The molecule has 31 heavy (non-hydrogen) atoms. The number of benzene rings is 1. The van der Waals surface area contributed by atoms with Gasteiger partial charge in [0.05, 0.1) is 11.4 Å². The number of hydrogen-bond acceptors (Lipinski definition) is 5. The van der Waals surface area contributed by atoms with E-state index < -0.39 is 18.0 Å². The molecule has 1 N–H and O–H groups in total. The number of hydrogen-bond donors (Lipinski definition) is 1. The van der Waals surface area contributed by atoms with Crippen molar-refractivity contribution >= 4 is 11.7 Å². The Hall–Kier alpha value is -3.43. The lowest BCUT2D eigenvalue weighted by Gasteiger charge is -2.32. The van der Waals surface area contributed by atoms with Crippen molar-refractivity contribution in [1.29, 1.82) is 0 Å². The topological polar surface area (TPSA) is 77.6 Å². The smallest absolute Gasteiger partial charge is 0.328 e. The van der Waals surface area contributed by atoms with Crippen LogP contribution in [0.15, 0.2) is 41.6 Å². The van der Waals surface area contributed by atoms with Gasteiger partial charge < -0.3 is 5.32 Å². The summed E-state index contributed by atoms with van der Waals surface area (Å²) in [6.07, 6.45) is -3.15. The molecule has 7 nitrogen and oxygen atoms in total. The first-order valence-electron chi connectivity index (χ1n) is 9.94. The molecule has 2 aromatic heterocycles. The molecule has 10 heteroatoms. The van der Waals surface area contributed by atoms with E-state index in [1.54, 1.807) is 11.6 Å². The van der Waals surface area contributed by atoms with E-state index in [0.29, 0.717) is 41.8 Å². The number of carbonyl (C=O) groups is 1. The van der Waals surface area contributed by atoms with Gasteiger partial charge in [0.25, 0.3) is 5.82 Å².